The maximum Gasteiger partial charge on any atom is 0.141 e. The number of aryl methyl sites for hydroxylation is 1. The number of carbonyl (C=O) groups excluding carboxylic acids is 1. The number of rotatable bonds is 5. The highest BCUT2D eigenvalue weighted by Gasteiger charge is 2.10. The number of hydrogen-bond donors (Lipinski definition) is 0. The van der Waals surface area contributed by atoms with Crippen LogP contribution < -0.4 is 0 Å². The molecule has 0 radical (unpaired) electrons. The predicted molar refractivity (Wildman–Crippen MR) is 98.2 cm³/mol. The van der Waals surface area contributed by atoms with Crippen molar-refractivity contribution in [2.45, 2.75) is 19.8 Å². The van der Waals surface area contributed by atoms with Crippen LogP contribution in [0.1, 0.15) is 16.8 Å². The Morgan fingerprint density at radius 1 is 1.00 bits per heavy atom. The molecule has 25 heavy (non-hydrogen) atoms. The van der Waals surface area contributed by atoms with Crippen LogP contribution in [0.5, 0.6) is 0 Å². The Kier molecular flexibility index (Phi) is 5.25. The topological polar surface area (TPSA) is 30.0 Å². The average Bonchev–Trinajstić information content (AvgIpc) is 2.59. The van der Waals surface area contributed by atoms with Crippen LogP contribution in [0.15, 0.2) is 60.8 Å². The summed E-state index contributed by atoms with van der Waals surface area (Å²) in [5, 5.41) is 0.432. The maximum atomic E-state index is 13.7. The van der Waals surface area contributed by atoms with E-state index in [4.69, 9.17) is 11.6 Å². The fourth-order valence-corrected chi connectivity index (χ4v) is 2.92. The van der Waals surface area contributed by atoms with E-state index in [9.17, 15) is 9.18 Å². The normalized spacial score (nSPS) is 10.7. The summed E-state index contributed by atoms with van der Waals surface area (Å²) >= 11 is 5.86. The largest absolute Gasteiger partial charge is 0.299 e. The van der Waals surface area contributed by atoms with Gasteiger partial charge in [0.15, 0.2) is 0 Å². The number of Topliss-reactive ketones (excluding diaryl/α,β-unsaturated/α-hetero) is 1. The first-order chi connectivity index (χ1) is 12.0. The van der Waals surface area contributed by atoms with Gasteiger partial charge in [-0.3, -0.25) is 9.78 Å². The Labute approximate surface area is 151 Å². The lowest BCUT2D eigenvalue weighted by molar-refractivity contribution is -0.117. The van der Waals surface area contributed by atoms with E-state index in [-0.39, 0.29) is 18.6 Å². The van der Waals surface area contributed by atoms with Crippen LogP contribution in [-0.2, 0) is 17.6 Å². The van der Waals surface area contributed by atoms with Crippen molar-refractivity contribution in [3.63, 3.8) is 0 Å². The second-order valence-corrected chi connectivity index (χ2v) is 6.45. The van der Waals surface area contributed by atoms with Crippen molar-refractivity contribution < 1.29 is 9.18 Å². The van der Waals surface area contributed by atoms with Gasteiger partial charge in [-0.1, -0.05) is 35.9 Å². The highest BCUT2D eigenvalue weighted by molar-refractivity contribution is 6.30. The number of nitrogens with zero attached hydrogens (tertiary/aromatic N) is 1. The number of benzene rings is 2. The minimum atomic E-state index is -0.402. The minimum Gasteiger partial charge on any atom is -0.299 e. The van der Waals surface area contributed by atoms with Gasteiger partial charge in [-0.2, -0.15) is 0 Å². The summed E-state index contributed by atoms with van der Waals surface area (Å²) in [6, 6.07) is 16.1. The van der Waals surface area contributed by atoms with E-state index in [1.54, 1.807) is 6.20 Å². The van der Waals surface area contributed by atoms with Crippen molar-refractivity contribution in [2.24, 2.45) is 0 Å². The highest BCUT2D eigenvalue weighted by atomic mass is 35.5. The summed E-state index contributed by atoms with van der Waals surface area (Å²) in [4.78, 5) is 16.4. The Morgan fingerprint density at radius 3 is 2.48 bits per heavy atom. The number of aromatic nitrogens is 1. The molecule has 0 bridgehead atoms. The van der Waals surface area contributed by atoms with E-state index < -0.39 is 5.82 Å². The highest BCUT2D eigenvalue weighted by Crippen LogP contribution is 2.21. The molecule has 1 heterocycles. The van der Waals surface area contributed by atoms with Crippen LogP contribution in [0, 0.1) is 12.7 Å². The van der Waals surface area contributed by atoms with Gasteiger partial charge in [0.2, 0.25) is 0 Å². The van der Waals surface area contributed by atoms with Crippen LogP contribution in [0.4, 0.5) is 4.39 Å². The number of halogens is 2. The Balaban J connectivity index is 1.69. The van der Waals surface area contributed by atoms with Gasteiger partial charge in [0.1, 0.15) is 11.6 Å². The molecule has 126 valence electrons. The zero-order valence-corrected chi connectivity index (χ0v) is 14.6. The van der Waals surface area contributed by atoms with Gasteiger partial charge in [-0.05, 0) is 59.5 Å². The molecular formula is C21H17ClFNO. The second kappa shape index (κ2) is 7.58. The van der Waals surface area contributed by atoms with E-state index in [1.165, 1.54) is 18.2 Å². The third-order valence-corrected chi connectivity index (χ3v) is 4.22. The molecule has 0 aliphatic heterocycles. The van der Waals surface area contributed by atoms with Crippen molar-refractivity contribution in [1.82, 2.24) is 4.98 Å². The van der Waals surface area contributed by atoms with Gasteiger partial charge < -0.3 is 0 Å². The Bertz CT molecular complexity index is 906. The number of carbonyl (C=O) groups is 1. The van der Waals surface area contributed by atoms with Crippen LogP contribution in [0.25, 0.3) is 11.1 Å². The lowest BCUT2D eigenvalue weighted by Gasteiger charge is -2.06. The molecule has 0 N–H and O–H groups in total. The third-order valence-electron chi connectivity index (χ3n) is 3.98. The van der Waals surface area contributed by atoms with Crippen molar-refractivity contribution in [1.29, 1.82) is 0 Å². The first kappa shape index (κ1) is 17.3. The summed E-state index contributed by atoms with van der Waals surface area (Å²) in [5.41, 5.74) is 4.36. The van der Waals surface area contributed by atoms with Gasteiger partial charge in [0, 0.05) is 29.8 Å². The molecule has 1 aromatic heterocycles. The van der Waals surface area contributed by atoms with Gasteiger partial charge >= 0.3 is 0 Å². The molecule has 3 aromatic rings. The van der Waals surface area contributed by atoms with E-state index in [1.807, 2.05) is 43.3 Å². The minimum absolute atomic E-state index is 0.0394. The summed E-state index contributed by atoms with van der Waals surface area (Å²) in [5.74, 6) is -0.449. The van der Waals surface area contributed by atoms with Crippen molar-refractivity contribution in [3.05, 3.63) is 88.5 Å². The average molecular weight is 354 g/mol. The fourth-order valence-electron chi connectivity index (χ4n) is 2.72. The first-order valence-corrected chi connectivity index (χ1v) is 8.36. The zero-order valence-electron chi connectivity index (χ0n) is 13.8. The molecule has 2 nitrogen and oxygen atoms in total. The van der Waals surface area contributed by atoms with Gasteiger partial charge in [-0.25, -0.2) is 4.39 Å². The van der Waals surface area contributed by atoms with Crippen molar-refractivity contribution in [2.75, 3.05) is 0 Å². The second-order valence-electron chi connectivity index (χ2n) is 6.01. The summed E-state index contributed by atoms with van der Waals surface area (Å²) < 4.78 is 13.7. The lowest BCUT2D eigenvalue weighted by atomic mass is 9.99. The van der Waals surface area contributed by atoms with Crippen LogP contribution in [0.2, 0.25) is 5.02 Å². The van der Waals surface area contributed by atoms with E-state index in [2.05, 4.69) is 4.98 Å². The molecule has 2 aromatic carbocycles. The molecule has 4 heteroatoms. The Hall–Kier alpha value is -2.52. The molecule has 0 amide bonds. The summed E-state index contributed by atoms with van der Waals surface area (Å²) in [6.07, 6.45) is 2.08. The van der Waals surface area contributed by atoms with Gasteiger partial charge in [0.25, 0.3) is 0 Å². The number of pyridine rings is 1. The molecule has 3 rings (SSSR count). The summed E-state index contributed by atoms with van der Waals surface area (Å²) in [6.45, 7) is 1.95. The van der Waals surface area contributed by atoms with E-state index in [0.717, 1.165) is 22.4 Å². The molecule has 0 saturated carbocycles. The Morgan fingerprint density at radius 2 is 1.76 bits per heavy atom. The van der Waals surface area contributed by atoms with Crippen LogP contribution >= 0.6 is 11.6 Å². The van der Waals surface area contributed by atoms with E-state index in [0.29, 0.717) is 10.6 Å². The quantitative estimate of drug-likeness (QED) is 0.630. The monoisotopic (exact) mass is 353 g/mol. The van der Waals surface area contributed by atoms with E-state index >= 15 is 0 Å². The molecule has 0 unspecified atom stereocenters. The first-order valence-electron chi connectivity index (χ1n) is 7.99. The van der Waals surface area contributed by atoms with Crippen LogP contribution in [0.3, 0.4) is 0 Å². The summed E-state index contributed by atoms with van der Waals surface area (Å²) in [7, 11) is 0. The predicted octanol–water partition coefficient (Wildman–Crippen LogP) is 5.20. The molecule has 0 spiro atoms. The SMILES string of the molecule is Cc1cc(-c2ccc(CC(=O)Cc3cc(Cl)ccc3F)cc2)ccn1. The number of ketones is 1. The standard InChI is InChI=1S/C21H17ClFNO/c1-14-10-17(8-9-24-14)16-4-2-15(3-5-16)11-20(25)13-18-12-19(22)6-7-21(18)23/h2-10,12H,11,13H2,1H3. The molecule has 0 aliphatic carbocycles. The maximum absolute atomic E-state index is 13.7. The molecule has 0 saturated heterocycles. The van der Waals surface area contributed by atoms with Crippen LogP contribution in [-0.4, -0.2) is 10.8 Å². The zero-order chi connectivity index (χ0) is 17.8. The van der Waals surface area contributed by atoms with Gasteiger partial charge in [0.05, 0.1) is 0 Å². The van der Waals surface area contributed by atoms with Gasteiger partial charge in [-0.15, -0.1) is 0 Å². The number of hydrogen-bond acceptors (Lipinski definition) is 2. The lowest BCUT2D eigenvalue weighted by Crippen LogP contribution is -2.08. The molecule has 0 atom stereocenters. The van der Waals surface area contributed by atoms with Crippen molar-refractivity contribution >= 4 is 17.4 Å². The fraction of sp³-hybridized carbons (Fsp3) is 0.143. The molecule has 0 aliphatic rings. The molecule has 0 fully saturated rings. The third kappa shape index (κ3) is 4.52. The van der Waals surface area contributed by atoms with Crippen molar-refractivity contribution in [3.8, 4) is 11.1 Å². The molecular weight excluding hydrogens is 337 g/mol. The smallest absolute Gasteiger partial charge is 0.141 e.